The van der Waals surface area contributed by atoms with E-state index in [0.717, 1.165) is 0 Å². The van der Waals surface area contributed by atoms with Crippen LogP contribution in [0.2, 0.25) is 0 Å². The zero-order chi connectivity index (χ0) is 19.2. The number of nitrogens with zero attached hydrogens (tertiary/aromatic N) is 4. The molecule has 0 aliphatic carbocycles. The number of amides is 2. The van der Waals surface area contributed by atoms with Crippen molar-refractivity contribution in [3.8, 4) is 0 Å². The van der Waals surface area contributed by atoms with E-state index in [0.29, 0.717) is 42.5 Å². The minimum atomic E-state index is -0.947. The van der Waals surface area contributed by atoms with E-state index in [9.17, 15) is 19.5 Å². The lowest BCUT2D eigenvalue weighted by Crippen LogP contribution is -2.57. The van der Waals surface area contributed by atoms with Crippen LogP contribution < -0.4 is 0 Å². The Labute approximate surface area is 155 Å². The van der Waals surface area contributed by atoms with E-state index in [2.05, 4.69) is 9.97 Å². The molecule has 2 saturated heterocycles. The molecule has 2 aliphatic rings. The van der Waals surface area contributed by atoms with Crippen molar-refractivity contribution < 1.29 is 19.5 Å². The van der Waals surface area contributed by atoms with Gasteiger partial charge in [-0.05, 0) is 25.0 Å². The summed E-state index contributed by atoms with van der Waals surface area (Å²) < 4.78 is 0. The van der Waals surface area contributed by atoms with Crippen LogP contribution in [0.15, 0.2) is 30.6 Å². The minimum Gasteiger partial charge on any atom is -0.481 e. The van der Waals surface area contributed by atoms with Crippen LogP contribution >= 0.6 is 0 Å². The average molecular weight is 368 g/mol. The number of aliphatic carboxylic acids is 1. The van der Waals surface area contributed by atoms with Crippen LogP contribution in [-0.4, -0.2) is 68.3 Å². The van der Waals surface area contributed by atoms with Crippen molar-refractivity contribution in [2.24, 2.45) is 5.92 Å². The lowest BCUT2D eigenvalue weighted by molar-refractivity contribution is -0.145. The van der Waals surface area contributed by atoms with Crippen molar-refractivity contribution >= 4 is 28.8 Å². The Bertz CT molecular complexity index is 931. The molecule has 0 radical (unpaired) electrons. The topological polar surface area (TPSA) is 104 Å². The first-order chi connectivity index (χ1) is 12.9. The van der Waals surface area contributed by atoms with E-state index < -0.39 is 17.4 Å². The van der Waals surface area contributed by atoms with Crippen LogP contribution in [0.25, 0.3) is 11.0 Å². The molecule has 0 unspecified atom stereocenters. The fourth-order valence-corrected chi connectivity index (χ4v) is 4.42. The van der Waals surface area contributed by atoms with Crippen LogP contribution in [0.5, 0.6) is 0 Å². The van der Waals surface area contributed by atoms with Crippen molar-refractivity contribution in [2.45, 2.75) is 24.8 Å². The second-order valence-electron chi connectivity index (χ2n) is 7.17. The minimum absolute atomic E-state index is 0.0265. The van der Waals surface area contributed by atoms with Crippen molar-refractivity contribution in [1.82, 2.24) is 19.8 Å². The number of rotatable bonds is 2. The van der Waals surface area contributed by atoms with Gasteiger partial charge >= 0.3 is 5.97 Å². The lowest BCUT2D eigenvalue weighted by atomic mass is 9.77. The Kier molecular flexibility index (Phi) is 4.05. The quantitative estimate of drug-likeness (QED) is 0.853. The number of aromatic nitrogens is 2. The Morgan fingerprint density at radius 2 is 1.89 bits per heavy atom. The summed E-state index contributed by atoms with van der Waals surface area (Å²) in [6.07, 6.45) is 4.07. The molecule has 1 spiro atoms. The van der Waals surface area contributed by atoms with E-state index in [1.165, 1.54) is 0 Å². The van der Waals surface area contributed by atoms with Gasteiger partial charge in [-0.3, -0.25) is 24.4 Å². The van der Waals surface area contributed by atoms with Gasteiger partial charge in [-0.2, -0.15) is 0 Å². The molecule has 1 N–H and O–H groups in total. The van der Waals surface area contributed by atoms with E-state index >= 15 is 0 Å². The van der Waals surface area contributed by atoms with E-state index in [1.807, 2.05) is 0 Å². The zero-order valence-electron chi connectivity index (χ0n) is 15.0. The summed E-state index contributed by atoms with van der Waals surface area (Å²) in [4.78, 5) is 48.6. The summed E-state index contributed by atoms with van der Waals surface area (Å²) in [5.41, 5.74) is 0.992. The summed E-state index contributed by atoms with van der Waals surface area (Å²) in [5, 5.41) is 9.56. The summed E-state index contributed by atoms with van der Waals surface area (Å²) in [6.45, 7) is 0.799. The molecule has 1 aromatic heterocycles. The van der Waals surface area contributed by atoms with Gasteiger partial charge in [0.1, 0.15) is 5.52 Å². The number of carbonyl (C=O) groups excluding carboxylic acids is 2. The van der Waals surface area contributed by atoms with Crippen LogP contribution in [0, 0.1) is 5.92 Å². The molecular formula is C19H20N4O4. The van der Waals surface area contributed by atoms with Gasteiger partial charge in [-0.1, -0.05) is 6.07 Å². The molecule has 27 heavy (non-hydrogen) atoms. The number of carboxylic acid groups (broad SMARTS) is 1. The van der Waals surface area contributed by atoms with Gasteiger partial charge in [0.2, 0.25) is 5.91 Å². The maximum atomic E-state index is 13.0. The SMILES string of the molecule is CN1C(=O)C[C@@H](C(=O)O)C12CCN(C(=O)c1cccc3nccnc13)CC2. The molecular weight excluding hydrogens is 348 g/mol. The lowest BCUT2D eigenvalue weighted by Gasteiger charge is -2.45. The molecule has 0 saturated carbocycles. The van der Waals surface area contributed by atoms with Gasteiger partial charge in [0.15, 0.2) is 0 Å². The van der Waals surface area contributed by atoms with Crippen molar-refractivity contribution in [1.29, 1.82) is 0 Å². The molecule has 0 bridgehead atoms. The number of carboxylic acids is 1. The second-order valence-corrected chi connectivity index (χ2v) is 7.17. The third kappa shape index (κ3) is 2.63. The number of fused-ring (bicyclic) bond motifs is 1. The monoisotopic (exact) mass is 368 g/mol. The zero-order valence-corrected chi connectivity index (χ0v) is 15.0. The van der Waals surface area contributed by atoms with Gasteiger partial charge < -0.3 is 14.9 Å². The van der Waals surface area contributed by atoms with Gasteiger partial charge in [0.05, 0.1) is 22.5 Å². The molecule has 8 heteroatoms. The average Bonchev–Trinajstić information content (AvgIpc) is 2.93. The summed E-state index contributed by atoms with van der Waals surface area (Å²) in [7, 11) is 1.67. The predicted octanol–water partition coefficient (Wildman–Crippen LogP) is 1.17. The summed E-state index contributed by atoms with van der Waals surface area (Å²) in [6, 6.07) is 5.31. The summed E-state index contributed by atoms with van der Waals surface area (Å²) in [5.74, 6) is -1.96. The highest BCUT2D eigenvalue weighted by Crippen LogP contribution is 2.43. The first-order valence-corrected chi connectivity index (χ1v) is 8.92. The number of carbonyl (C=O) groups is 3. The van der Waals surface area contributed by atoms with E-state index in [4.69, 9.17) is 0 Å². The van der Waals surface area contributed by atoms with Crippen LogP contribution in [0.3, 0.4) is 0 Å². The number of likely N-dealkylation sites (tertiary alicyclic amines) is 2. The molecule has 3 heterocycles. The van der Waals surface area contributed by atoms with Crippen LogP contribution in [0.4, 0.5) is 0 Å². The maximum Gasteiger partial charge on any atom is 0.309 e. The fourth-order valence-electron chi connectivity index (χ4n) is 4.42. The van der Waals surface area contributed by atoms with Gasteiger partial charge in [0, 0.05) is 39.0 Å². The largest absolute Gasteiger partial charge is 0.481 e. The molecule has 1 aromatic carbocycles. The smallest absolute Gasteiger partial charge is 0.309 e. The molecule has 2 amide bonds. The molecule has 2 aliphatic heterocycles. The van der Waals surface area contributed by atoms with Crippen molar-refractivity contribution in [2.75, 3.05) is 20.1 Å². The van der Waals surface area contributed by atoms with Crippen molar-refractivity contribution in [3.05, 3.63) is 36.2 Å². The molecule has 140 valence electrons. The Morgan fingerprint density at radius 3 is 2.59 bits per heavy atom. The van der Waals surface area contributed by atoms with Crippen LogP contribution in [-0.2, 0) is 9.59 Å². The first-order valence-electron chi connectivity index (χ1n) is 8.92. The van der Waals surface area contributed by atoms with Crippen LogP contribution in [0.1, 0.15) is 29.6 Å². The first kappa shape index (κ1) is 17.4. The number of hydrogen-bond acceptors (Lipinski definition) is 5. The molecule has 2 fully saturated rings. The van der Waals surface area contributed by atoms with Crippen molar-refractivity contribution in [3.63, 3.8) is 0 Å². The van der Waals surface area contributed by atoms with E-state index in [-0.39, 0.29) is 18.2 Å². The Morgan fingerprint density at radius 1 is 1.19 bits per heavy atom. The number of benzene rings is 1. The Balaban J connectivity index is 1.58. The Hall–Kier alpha value is -3.03. The maximum absolute atomic E-state index is 13.0. The number of piperidine rings is 1. The molecule has 1 atom stereocenters. The molecule has 2 aromatic rings. The summed E-state index contributed by atoms with van der Waals surface area (Å²) >= 11 is 0. The highest BCUT2D eigenvalue weighted by Gasteiger charge is 2.55. The number of para-hydroxylation sites is 1. The number of hydrogen-bond donors (Lipinski definition) is 1. The second kappa shape index (κ2) is 6.29. The van der Waals surface area contributed by atoms with Gasteiger partial charge in [0.25, 0.3) is 5.91 Å². The standard InChI is InChI=1S/C19H20N4O4/c1-22-15(24)11-13(18(26)27)19(22)5-9-23(10-6-19)17(25)12-3-2-4-14-16(12)21-8-7-20-14/h2-4,7-8,13H,5-6,9-11H2,1H3,(H,26,27)/t13-/m0/s1. The van der Waals surface area contributed by atoms with Gasteiger partial charge in [-0.25, -0.2) is 0 Å². The third-order valence-electron chi connectivity index (χ3n) is 6.01. The highest BCUT2D eigenvalue weighted by atomic mass is 16.4. The highest BCUT2D eigenvalue weighted by molar-refractivity contribution is 6.04. The molecule has 8 nitrogen and oxygen atoms in total. The third-order valence-corrected chi connectivity index (χ3v) is 6.01. The predicted molar refractivity (Wildman–Crippen MR) is 95.9 cm³/mol. The normalized spacial score (nSPS) is 21.8. The van der Waals surface area contributed by atoms with Gasteiger partial charge in [-0.15, -0.1) is 0 Å². The fraction of sp³-hybridized carbons (Fsp3) is 0.421. The van der Waals surface area contributed by atoms with E-state index in [1.54, 1.807) is 47.4 Å². The molecule has 4 rings (SSSR count).